The molecule has 0 aliphatic rings. The normalized spacial score (nSPS) is 11.1. The fourth-order valence-electron chi connectivity index (χ4n) is 1.86. The Kier molecular flexibility index (Phi) is 4.82. The first-order valence-corrected chi connectivity index (χ1v) is 8.12. The first-order valence-electron chi connectivity index (χ1n) is 6.57. The molecular weight excluding hydrogens is 288 g/mol. The summed E-state index contributed by atoms with van der Waals surface area (Å²) in [6.07, 6.45) is 0. The summed E-state index contributed by atoms with van der Waals surface area (Å²) in [5.41, 5.74) is 1.77. The van der Waals surface area contributed by atoms with E-state index in [1.807, 2.05) is 31.2 Å². The van der Waals surface area contributed by atoms with Crippen LogP contribution in [-0.2, 0) is 16.6 Å². The van der Waals surface area contributed by atoms with E-state index in [9.17, 15) is 8.42 Å². The van der Waals surface area contributed by atoms with Gasteiger partial charge in [-0.2, -0.15) is 0 Å². The van der Waals surface area contributed by atoms with Gasteiger partial charge in [-0.25, -0.2) is 13.6 Å². The number of hydrogen-bond donors (Lipinski definition) is 2. The third-order valence-electron chi connectivity index (χ3n) is 2.89. The molecule has 5 nitrogen and oxygen atoms in total. The minimum atomic E-state index is -3.68. The molecule has 0 aromatic heterocycles. The van der Waals surface area contributed by atoms with E-state index in [0.29, 0.717) is 18.8 Å². The summed E-state index contributed by atoms with van der Waals surface area (Å²) >= 11 is 0. The lowest BCUT2D eigenvalue weighted by Gasteiger charge is -2.09. The second kappa shape index (κ2) is 6.60. The van der Waals surface area contributed by atoms with Gasteiger partial charge < -0.3 is 10.1 Å². The van der Waals surface area contributed by atoms with E-state index in [2.05, 4.69) is 5.32 Å². The smallest absolute Gasteiger partial charge is 0.238 e. The largest absolute Gasteiger partial charge is 0.494 e. The second-order valence-corrected chi connectivity index (χ2v) is 6.06. The average Bonchev–Trinajstić information content (AvgIpc) is 2.46. The Balaban J connectivity index is 2.03. The van der Waals surface area contributed by atoms with Crippen molar-refractivity contribution in [3.8, 4) is 5.75 Å². The number of anilines is 1. The molecule has 0 radical (unpaired) electrons. The molecule has 0 amide bonds. The van der Waals surface area contributed by atoms with Crippen LogP contribution in [0.3, 0.4) is 0 Å². The standard InChI is InChI=1S/C15H18N2O3S/c1-2-20-14-8-6-12(7-9-14)11-17-13-4-3-5-15(10-13)21(16,18)19/h3-10,17H,2,11H2,1H3,(H2,16,18,19). The molecule has 2 aromatic rings. The van der Waals surface area contributed by atoms with E-state index >= 15 is 0 Å². The fraction of sp³-hybridized carbons (Fsp3) is 0.200. The first-order chi connectivity index (χ1) is 9.99. The Morgan fingerprint density at radius 2 is 1.86 bits per heavy atom. The van der Waals surface area contributed by atoms with Crippen LogP contribution in [0, 0.1) is 0 Å². The molecule has 0 atom stereocenters. The Bertz CT molecular complexity index is 697. The van der Waals surface area contributed by atoms with Crippen LogP contribution in [0.1, 0.15) is 12.5 Å². The van der Waals surface area contributed by atoms with Gasteiger partial charge in [0.15, 0.2) is 0 Å². The van der Waals surface area contributed by atoms with Gasteiger partial charge >= 0.3 is 0 Å². The zero-order valence-corrected chi connectivity index (χ0v) is 12.6. The number of ether oxygens (including phenoxy) is 1. The third kappa shape index (κ3) is 4.47. The topological polar surface area (TPSA) is 81.4 Å². The van der Waals surface area contributed by atoms with E-state index in [0.717, 1.165) is 11.3 Å². The van der Waals surface area contributed by atoms with Crippen molar-refractivity contribution in [1.82, 2.24) is 0 Å². The van der Waals surface area contributed by atoms with Crippen LogP contribution >= 0.6 is 0 Å². The van der Waals surface area contributed by atoms with Gasteiger partial charge in [0.05, 0.1) is 11.5 Å². The summed E-state index contributed by atoms with van der Waals surface area (Å²) in [6, 6.07) is 14.2. The van der Waals surface area contributed by atoms with E-state index in [1.165, 1.54) is 12.1 Å². The van der Waals surface area contributed by atoms with Crippen LogP contribution in [0.5, 0.6) is 5.75 Å². The number of sulfonamides is 1. The highest BCUT2D eigenvalue weighted by atomic mass is 32.2. The lowest BCUT2D eigenvalue weighted by molar-refractivity contribution is 0.340. The van der Waals surface area contributed by atoms with Gasteiger partial charge in [0.1, 0.15) is 5.75 Å². The summed E-state index contributed by atoms with van der Waals surface area (Å²) in [5, 5.41) is 8.27. The lowest BCUT2D eigenvalue weighted by atomic mass is 10.2. The van der Waals surface area contributed by atoms with Crippen LogP contribution in [0.25, 0.3) is 0 Å². The van der Waals surface area contributed by atoms with Gasteiger partial charge in [0.25, 0.3) is 0 Å². The van der Waals surface area contributed by atoms with Crippen molar-refractivity contribution in [2.75, 3.05) is 11.9 Å². The number of nitrogens with two attached hydrogens (primary N) is 1. The molecule has 0 saturated carbocycles. The minimum absolute atomic E-state index is 0.0965. The molecule has 0 aliphatic carbocycles. The Labute approximate surface area is 124 Å². The SMILES string of the molecule is CCOc1ccc(CNc2cccc(S(N)(=O)=O)c2)cc1. The maximum atomic E-state index is 11.3. The highest BCUT2D eigenvalue weighted by Gasteiger charge is 2.07. The monoisotopic (exact) mass is 306 g/mol. The molecule has 0 aliphatic heterocycles. The van der Waals surface area contributed by atoms with Crippen LogP contribution in [0.4, 0.5) is 5.69 Å². The van der Waals surface area contributed by atoms with Gasteiger partial charge in [-0.3, -0.25) is 0 Å². The fourth-order valence-corrected chi connectivity index (χ4v) is 2.42. The van der Waals surface area contributed by atoms with Gasteiger partial charge in [-0.15, -0.1) is 0 Å². The van der Waals surface area contributed by atoms with Crippen LogP contribution in [0.15, 0.2) is 53.4 Å². The molecule has 0 heterocycles. The van der Waals surface area contributed by atoms with Crippen LogP contribution in [-0.4, -0.2) is 15.0 Å². The molecule has 6 heteroatoms. The maximum Gasteiger partial charge on any atom is 0.238 e. The Morgan fingerprint density at radius 3 is 2.48 bits per heavy atom. The quantitative estimate of drug-likeness (QED) is 0.858. The van der Waals surface area contributed by atoms with Crippen molar-refractivity contribution in [2.45, 2.75) is 18.4 Å². The molecule has 0 fully saturated rings. The number of nitrogens with one attached hydrogen (secondary N) is 1. The molecule has 112 valence electrons. The summed E-state index contributed by atoms with van der Waals surface area (Å²) in [5.74, 6) is 0.831. The molecule has 2 rings (SSSR count). The molecule has 0 unspecified atom stereocenters. The molecule has 0 saturated heterocycles. The van der Waals surface area contributed by atoms with E-state index < -0.39 is 10.0 Å². The zero-order valence-electron chi connectivity index (χ0n) is 11.7. The van der Waals surface area contributed by atoms with Gasteiger partial charge in [-0.1, -0.05) is 18.2 Å². The van der Waals surface area contributed by atoms with E-state index in [1.54, 1.807) is 12.1 Å². The highest BCUT2D eigenvalue weighted by Crippen LogP contribution is 2.16. The van der Waals surface area contributed by atoms with Gasteiger partial charge in [-0.05, 0) is 42.8 Å². The molecular formula is C15H18N2O3S. The number of primary sulfonamides is 1. The Hall–Kier alpha value is -2.05. The molecule has 0 spiro atoms. The predicted molar refractivity (Wildman–Crippen MR) is 82.8 cm³/mol. The van der Waals surface area contributed by atoms with Gasteiger partial charge in [0.2, 0.25) is 10.0 Å². The van der Waals surface area contributed by atoms with Crippen LogP contribution in [0.2, 0.25) is 0 Å². The van der Waals surface area contributed by atoms with Crippen LogP contribution < -0.4 is 15.2 Å². The van der Waals surface area contributed by atoms with E-state index in [-0.39, 0.29) is 4.90 Å². The molecule has 0 bridgehead atoms. The minimum Gasteiger partial charge on any atom is -0.494 e. The maximum absolute atomic E-state index is 11.3. The Morgan fingerprint density at radius 1 is 1.14 bits per heavy atom. The van der Waals surface area contributed by atoms with Crippen molar-refractivity contribution in [3.05, 3.63) is 54.1 Å². The molecule has 2 aromatic carbocycles. The van der Waals surface area contributed by atoms with E-state index in [4.69, 9.17) is 9.88 Å². The molecule has 21 heavy (non-hydrogen) atoms. The summed E-state index contributed by atoms with van der Waals surface area (Å²) in [6.45, 7) is 3.16. The average molecular weight is 306 g/mol. The van der Waals surface area contributed by atoms with Crippen molar-refractivity contribution in [1.29, 1.82) is 0 Å². The third-order valence-corrected chi connectivity index (χ3v) is 3.80. The van der Waals surface area contributed by atoms with Gasteiger partial charge in [0, 0.05) is 12.2 Å². The van der Waals surface area contributed by atoms with Crippen molar-refractivity contribution in [2.24, 2.45) is 5.14 Å². The second-order valence-electron chi connectivity index (χ2n) is 4.50. The summed E-state index contributed by atoms with van der Waals surface area (Å²) < 4.78 is 28.0. The number of rotatable bonds is 6. The predicted octanol–water partition coefficient (Wildman–Crippen LogP) is 2.34. The highest BCUT2D eigenvalue weighted by molar-refractivity contribution is 7.89. The van der Waals surface area contributed by atoms with Crippen molar-refractivity contribution in [3.63, 3.8) is 0 Å². The first kappa shape index (κ1) is 15.3. The van der Waals surface area contributed by atoms with Crippen molar-refractivity contribution >= 4 is 15.7 Å². The lowest BCUT2D eigenvalue weighted by Crippen LogP contribution is -2.12. The number of benzene rings is 2. The zero-order chi connectivity index (χ0) is 15.3. The number of hydrogen-bond acceptors (Lipinski definition) is 4. The molecule has 3 N–H and O–H groups in total. The summed E-state index contributed by atoms with van der Waals surface area (Å²) in [7, 11) is -3.68. The summed E-state index contributed by atoms with van der Waals surface area (Å²) in [4.78, 5) is 0.0965. The van der Waals surface area contributed by atoms with Crippen molar-refractivity contribution < 1.29 is 13.2 Å².